The number of aliphatic hydroxyl groups is 1. The first kappa shape index (κ1) is 26.4. The van der Waals surface area contributed by atoms with Gasteiger partial charge in [0, 0.05) is 18.0 Å². The highest BCUT2D eigenvalue weighted by molar-refractivity contribution is 7.66. The van der Waals surface area contributed by atoms with Crippen molar-refractivity contribution in [2.24, 2.45) is 0 Å². The summed E-state index contributed by atoms with van der Waals surface area (Å²) in [4.78, 5) is 35.9. The van der Waals surface area contributed by atoms with E-state index in [0.29, 0.717) is 0 Å². The van der Waals surface area contributed by atoms with E-state index in [1.54, 1.807) is 10.8 Å². The van der Waals surface area contributed by atoms with Crippen molar-refractivity contribution in [1.29, 1.82) is 0 Å². The number of phosphoric ester groups is 1. The third kappa shape index (κ3) is 6.75. The van der Waals surface area contributed by atoms with E-state index in [1.165, 1.54) is 0 Å². The molecule has 1 fully saturated rings. The molecule has 0 amide bonds. The molecule has 1 aliphatic rings. The summed E-state index contributed by atoms with van der Waals surface area (Å²) < 4.78 is 53.5. The van der Waals surface area contributed by atoms with Crippen molar-refractivity contribution in [3.63, 3.8) is 0 Å². The predicted octanol–water partition coefficient (Wildman–Crippen LogP) is 3.30. The molecule has 1 aromatic heterocycles. The molecule has 3 aromatic rings. The number of hydrogen-bond acceptors (Lipinski definition) is 8. The highest BCUT2D eigenvalue weighted by Gasteiger charge is 2.42. The zero-order valence-corrected chi connectivity index (χ0v) is 20.5. The first-order valence-electron chi connectivity index (χ1n) is 10.1. The Hall–Kier alpha value is -1.69. The van der Waals surface area contributed by atoms with Crippen LogP contribution < -0.4 is 0 Å². The topological polar surface area (TPSA) is 194 Å². The second-order valence-corrected chi connectivity index (χ2v) is 12.1. The van der Waals surface area contributed by atoms with E-state index in [9.17, 15) is 28.6 Å². The van der Waals surface area contributed by atoms with E-state index in [4.69, 9.17) is 14.5 Å². The van der Waals surface area contributed by atoms with Gasteiger partial charge in [-0.3, -0.25) is 4.52 Å². The molecule has 5 N–H and O–H groups in total. The summed E-state index contributed by atoms with van der Waals surface area (Å²) in [5, 5.41) is 11.3. The Morgan fingerprint density at radius 3 is 2.31 bits per heavy atom. The maximum atomic E-state index is 11.9. The standard InChI is InChI=1S/C19H22NO12P3/c21-17-11-19(30-18(17)12-29-34(25,26)32-35(27,28)31-33(22,23)24)20-9-8-15-10-14(6-7-16(15)20)13-4-2-1-3-5-13/h1-10,17-19,21H,11-12H2,(H,25,26)(H,27,28)(H2,22,23,24)/t17-,18+,19+/m0/s1. The van der Waals surface area contributed by atoms with Crippen LogP contribution >= 0.6 is 23.5 Å². The zero-order chi connectivity index (χ0) is 25.4. The lowest BCUT2D eigenvalue weighted by Crippen LogP contribution is -2.26. The second-order valence-electron chi connectivity index (χ2n) is 7.68. The smallest absolute Gasteiger partial charge is 0.390 e. The number of nitrogens with zero attached hydrogens (tertiary/aromatic N) is 1. The van der Waals surface area contributed by atoms with Crippen LogP contribution in [0, 0.1) is 0 Å². The van der Waals surface area contributed by atoms with Crippen LogP contribution in [0.15, 0.2) is 60.8 Å². The molecule has 0 radical (unpaired) electrons. The summed E-state index contributed by atoms with van der Waals surface area (Å²) in [5.74, 6) is 0. The Morgan fingerprint density at radius 1 is 0.914 bits per heavy atom. The summed E-state index contributed by atoms with van der Waals surface area (Å²) in [5.41, 5.74) is 2.91. The van der Waals surface area contributed by atoms with Crippen molar-refractivity contribution < 1.29 is 56.3 Å². The van der Waals surface area contributed by atoms with Gasteiger partial charge in [-0.15, -0.1) is 0 Å². The van der Waals surface area contributed by atoms with Crippen LogP contribution in [0.2, 0.25) is 0 Å². The lowest BCUT2D eigenvalue weighted by atomic mass is 10.0. The fraction of sp³-hybridized carbons (Fsp3) is 0.263. The summed E-state index contributed by atoms with van der Waals surface area (Å²) in [7, 11) is -16.4. The van der Waals surface area contributed by atoms with Gasteiger partial charge in [0.05, 0.1) is 18.2 Å². The third-order valence-electron chi connectivity index (χ3n) is 5.16. The van der Waals surface area contributed by atoms with E-state index in [1.807, 2.05) is 54.6 Å². The molecular weight excluding hydrogens is 527 g/mol. The number of aromatic nitrogens is 1. The Kier molecular flexibility index (Phi) is 7.53. The molecule has 0 aliphatic carbocycles. The van der Waals surface area contributed by atoms with E-state index in [2.05, 4.69) is 13.1 Å². The van der Waals surface area contributed by atoms with Crippen LogP contribution in [-0.2, 0) is 31.6 Å². The van der Waals surface area contributed by atoms with Crippen LogP contribution in [-0.4, -0.2) is 48.1 Å². The highest BCUT2D eigenvalue weighted by Crippen LogP contribution is 2.66. The van der Waals surface area contributed by atoms with Crippen molar-refractivity contribution in [3.8, 4) is 11.1 Å². The Balaban J connectivity index is 1.41. The lowest BCUT2D eigenvalue weighted by molar-refractivity contribution is -0.0420. The molecule has 1 saturated heterocycles. The summed E-state index contributed by atoms with van der Waals surface area (Å²) in [6, 6.07) is 17.6. The molecule has 1 aliphatic heterocycles. The molecule has 5 atom stereocenters. The molecule has 4 rings (SSSR count). The number of rotatable bonds is 9. The molecule has 0 saturated carbocycles. The second kappa shape index (κ2) is 9.99. The Labute approximate surface area is 198 Å². The lowest BCUT2D eigenvalue weighted by Gasteiger charge is -2.19. The average Bonchev–Trinajstić information content (AvgIpc) is 3.33. The minimum absolute atomic E-state index is 0.120. The van der Waals surface area contributed by atoms with E-state index in [-0.39, 0.29) is 6.42 Å². The zero-order valence-electron chi connectivity index (χ0n) is 17.8. The predicted molar refractivity (Wildman–Crippen MR) is 122 cm³/mol. The number of phosphoric acid groups is 3. The average molecular weight is 549 g/mol. The molecule has 13 nitrogen and oxygen atoms in total. The number of hydrogen-bond donors (Lipinski definition) is 5. The van der Waals surface area contributed by atoms with Gasteiger partial charge in [-0.25, -0.2) is 13.7 Å². The fourth-order valence-corrected chi connectivity index (χ4v) is 6.76. The van der Waals surface area contributed by atoms with Crippen molar-refractivity contribution in [2.45, 2.75) is 24.9 Å². The summed E-state index contributed by atoms with van der Waals surface area (Å²) in [6.45, 7) is -0.724. The highest BCUT2D eigenvalue weighted by atomic mass is 31.3. The maximum Gasteiger partial charge on any atom is 0.490 e. The molecule has 0 spiro atoms. The number of benzene rings is 2. The first-order valence-corrected chi connectivity index (χ1v) is 14.6. The van der Waals surface area contributed by atoms with E-state index >= 15 is 0 Å². The van der Waals surface area contributed by atoms with Gasteiger partial charge in [-0.2, -0.15) is 8.62 Å². The van der Waals surface area contributed by atoms with Crippen LogP contribution in [0.4, 0.5) is 0 Å². The van der Waals surface area contributed by atoms with Gasteiger partial charge in [0.1, 0.15) is 12.3 Å². The minimum atomic E-state index is -5.63. The van der Waals surface area contributed by atoms with Gasteiger partial charge < -0.3 is 34.0 Å². The normalized spacial score (nSPS) is 24.3. The molecule has 190 valence electrons. The van der Waals surface area contributed by atoms with Crippen LogP contribution in [0.5, 0.6) is 0 Å². The number of aliphatic hydroxyl groups excluding tert-OH is 1. The van der Waals surface area contributed by atoms with Gasteiger partial charge in [0.2, 0.25) is 0 Å². The molecule has 2 heterocycles. The largest absolute Gasteiger partial charge is 0.490 e. The maximum absolute atomic E-state index is 11.9. The van der Waals surface area contributed by atoms with Gasteiger partial charge in [0.15, 0.2) is 0 Å². The Morgan fingerprint density at radius 2 is 1.63 bits per heavy atom. The van der Waals surface area contributed by atoms with Crippen molar-refractivity contribution in [3.05, 3.63) is 60.8 Å². The summed E-state index contributed by atoms with van der Waals surface area (Å²) in [6.07, 6.45) is -0.963. The monoisotopic (exact) mass is 549 g/mol. The SMILES string of the molecule is O=P(O)(O)OP(=O)(O)OP(=O)(O)OC[C@H]1O[C@@H](n2ccc3cc(-c4ccccc4)ccc32)C[C@@H]1O. The summed E-state index contributed by atoms with van der Waals surface area (Å²) >= 11 is 0. The van der Waals surface area contributed by atoms with Crippen molar-refractivity contribution in [2.75, 3.05) is 6.61 Å². The van der Waals surface area contributed by atoms with Crippen LogP contribution in [0.3, 0.4) is 0 Å². The fourth-order valence-electron chi connectivity index (χ4n) is 3.73. The van der Waals surface area contributed by atoms with Gasteiger partial charge in [-0.05, 0) is 29.3 Å². The molecule has 2 aromatic carbocycles. The quantitative estimate of drug-likeness (QED) is 0.245. The van der Waals surface area contributed by atoms with Gasteiger partial charge in [-0.1, -0.05) is 36.4 Å². The third-order valence-corrected chi connectivity index (χ3v) is 8.96. The molecular formula is C19H22NO12P3. The van der Waals surface area contributed by atoms with Crippen molar-refractivity contribution >= 4 is 34.4 Å². The molecule has 0 bridgehead atoms. The van der Waals surface area contributed by atoms with Gasteiger partial charge >= 0.3 is 23.5 Å². The Bertz CT molecular complexity index is 1340. The minimum Gasteiger partial charge on any atom is -0.390 e. The van der Waals surface area contributed by atoms with Crippen molar-refractivity contribution in [1.82, 2.24) is 4.57 Å². The van der Waals surface area contributed by atoms with Crippen LogP contribution in [0.25, 0.3) is 22.0 Å². The molecule has 35 heavy (non-hydrogen) atoms. The molecule has 2 unspecified atom stereocenters. The van der Waals surface area contributed by atoms with E-state index in [0.717, 1.165) is 22.0 Å². The van der Waals surface area contributed by atoms with E-state index < -0.39 is 48.5 Å². The number of fused-ring (bicyclic) bond motifs is 1. The van der Waals surface area contributed by atoms with Gasteiger partial charge in [0.25, 0.3) is 0 Å². The number of ether oxygens (including phenoxy) is 1. The first-order chi connectivity index (χ1) is 16.3. The molecule has 16 heteroatoms. The van der Waals surface area contributed by atoms with Crippen LogP contribution in [0.1, 0.15) is 12.6 Å².